The van der Waals surface area contributed by atoms with Crippen LogP contribution in [0.2, 0.25) is 0 Å². The van der Waals surface area contributed by atoms with Gasteiger partial charge in [0.05, 0.1) is 24.2 Å². The summed E-state index contributed by atoms with van der Waals surface area (Å²) < 4.78 is 39.3. The van der Waals surface area contributed by atoms with Gasteiger partial charge in [-0.15, -0.1) is 10.2 Å². The summed E-state index contributed by atoms with van der Waals surface area (Å²) in [5.74, 6) is 0.763. The fraction of sp³-hybridized carbons (Fsp3) is 0.160. The van der Waals surface area contributed by atoms with Crippen LogP contribution >= 0.6 is 0 Å². The zero-order valence-corrected chi connectivity index (χ0v) is 19.4. The molecule has 9 heteroatoms. The number of rotatable bonds is 8. The van der Waals surface area contributed by atoms with Crippen molar-refractivity contribution < 1.29 is 17.7 Å². The molecule has 34 heavy (non-hydrogen) atoms. The van der Waals surface area contributed by atoms with Crippen molar-refractivity contribution in [1.29, 1.82) is 0 Å². The Morgan fingerprint density at radius 1 is 1.00 bits per heavy atom. The molecule has 0 saturated heterocycles. The van der Waals surface area contributed by atoms with Crippen LogP contribution in [0.1, 0.15) is 19.8 Å². The molecule has 0 unspecified atom stereocenters. The molecule has 1 aromatic heterocycles. The number of pyridine rings is 1. The fourth-order valence-corrected chi connectivity index (χ4v) is 4.21. The maximum absolute atomic E-state index is 11.9. The maximum Gasteiger partial charge on any atom is 0.295 e. The van der Waals surface area contributed by atoms with Crippen LogP contribution in [0.4, 0.5) is 17.1 Å². The second-order valence-corrected chi connectivity index (χ2v) is 9.02. The topological polar surface area (TPSA) is 127 Å². The van der Waals surface area contributed by atoms with Gasteiger partial charge in [0.15, 0.2) is 0 Å². The van der Waals surface area contributed by atoms with Crippen LogP contribution < -0.4 is 10.5 Å². The monoisotopic (exact) mass is 476 g/mol. The van der Waals surface area contributed by atoms with Crippen LogP contribution in [0.15, 0.2) is 88.1 Å². The van der Waals surface area contributed by atoms with Crippen molar-refractivity contribution in [3.63, 3.8) is 0 Å². The van der Waals surface area contributed by atoms with Crippen molar-refractivity contribution in [1.82, 2.24) is 4.98 Å². The Kier molecular flexibility index (Phi) is 6.85. The van der Waals surface area contributed by atoms with Crippen LogP contribution in [0.25, 0.3) is 22.0 Å². The highest BCUT2D eigenvalue weighted by Crippen LogP contribution is 2.37. The molecule has 0 atom stereocenters. The lowest BCUT2D eigenvalue weighted by Gasteiger charge is -2.11. The van der Waals surface area contributed by atoms with E-state index in [-0.39, 0.29) is 16.3 Å². The molecule has 0 aliphatic rings. The van der Waals surface area contributed by atoms with E-state index in [1.807, 2.05) is 30.3 Å². The van der Waals surface area contributed by atoms with E-state index < -0.39 is 10.1 Å². The van der Waals surface area contributed by atoms with Crippen LogP contribution in [0.3, 0.4) is 0 Å². The molecule has 0 saturated carbocycles. The second-order valence-electron chi connectivity index (χ2n) is 7.63. The number of hydrogen-bond acceptors (Lipinski definition) is 7. The minimum absolute atomic E-state index is 0.130. The Bertz CT molecular complexity index is 1450. The normalized spacial score (nSPS) is 11.8. The molecule has 174 valence electrons. The summed E-state index contributed by atoms with van der Waals surface area (Å²) in [4.78, 5) is 4.20. The van der Waals surface area contributed by atoms with Crippen LogP contribution in [-0.2, 0) is 10.1 Å². The maximum atomic E-state index is 11.9. The Morgan fingerprint density at radius 3 is 2.44 bits per heavy atom. The average molecular weight is 477 g/mol. The summed E-state index contributed by atoms with van der Waals surface area (Å²) in [7, 11) is -4.48. The first kappa shape index (κ1) is 23.3. The molecule has 0 spiro atoms. The third-order valence-electron chi connectivity index (χ3n) is 5.24. The van der Waals surface area contributed by atoms with E-state index in [0.717, 1.165) is 29.8 Å². The lowest BCUT2D eigenvalue weighted by atomic mass is 10.1. The lowest BCUT2D eigenvalue weighted by molar-refractivity contribution is 0.310. The summed E-state index contributed by atoms with van der Waals surface area (Å²) in [6, 6.07) is 19.1. The lowest BCUT2D eigenvalue weighted by Crippen LogP contribution is -2.01. The van der Waals surface area contributed by atoms with Gasteiger partial charge in [0.1, 0.15) is 22.0 Å². The largest absolute Gasteiger partial charge is 0.493 e. The summed E-state index contributed by atoms with van der Waals surface area (Å²) in [5, 5.41) is 9.06. The molecule has 0 fully saturated rings. The number of ether oxygens (including phenoxy) is 1. The zero-order chi connectivity index (χ0) is 24.1. The Balaban J connectivity index is 1.64. The predicted molar refractivity (Wildman–Crippen MR) is 132 cm³/mol. The molecule has 0 radical (unpaired) electrons. The number of anilines is 1. The Labute approximate surface area is 197 Å². The van der Waals surface area contributed by atoms with Gasteiger partial charge in [-0.1, -0.05) is 49.7 Å². The molecular formula is C25H24N4O4S. The van der Waals surface area contributed by atoms with Gasteiger partial charge in [-0.25, -0.2) is 0 Å². The highest BCUT2D eigenvalue weighted by atomic mass is 32.2. The van der Waals surface area contributed by atoms with E-state index in [9.17, 15) is 13.0 Å². The van der Waals surface area contributed by atoms with Gasteiger partial charge in [-0.05, 0) is 36.8 Å². The number of aromatic nitrogens is 1. The minimum Gasteiger partial charge on any atom is -0.493 e. The highest BCUT2D eigenvalue weighted by molar-refractivity contribution is 7.86. The van der Waals surface area contributed by atoms with E-state index in [0.29, 0.717) is 23.1 Å². The summed E-state index contributed by atoms with van der Waals surface area (Å²) in [6.45, 7) is 2.75. The molecule has 1 heterocycles. The number of azo groups is 1. The van der Waals surface area contributed by atoms with E-state index in [1.165, 1.54) is 6.07 Å². The number of para-hydroxylation sites is 1. The van der Waals surface area contributed by atoms with Gasteiger partial charge in [-0.2, -0.15) is 8.42 Å². The molecule has 0 amide bonds. The number of fused-ring (bicyclic) bond motifs is 1. The third-order valence-corrected chi connectivity index (χ3v) is 6.14. The second kappa shape index (κ2) is 9.98. The third kappa shape index (κ3) is 5.05. The van der Waals surface area contributed by atoms with Gasteiger partial charge < -0.3 is 10.5 Å². The fourth-order valence-electron chi connectivity index (χ4n) is 3.49. The predicted octanol–water partition coefficient (Wildman–Crippen LogP) is 6.33. The SMILES string of the molecule is CCCCOc1ccccc1-c1ccc(N=Nc2cc(S(=O)(=O)O)c3ccccc3c2N)cn1. The van der Waals surface area contributed by atoms with Gasteiger partial charge in [0, 0.05) is 16.3 Å². The molecule has 0 aliphatic carbocycles. The smallest absolute Gasteiger partial charge is 0.295 e. The number of benzene rings is 3. The minimum atomic E-state index is -4.48. The average Bonchev–Trinajstić information content (AvgIpc) is 2.84. The number of nitrogens with zero attached hydrogens (tertiary/aromatic N) is 3. The highest BCUT2D eigenvalue weighted by Gasteiger charge is 2.18. The quantitative estimate of drug-likeness (QED) is 0.132. The number of nitrogens with two attached hydrogens (primary N) is 1. The molecule has 0 aliphatic heterocycles. The van der Waals surface area contributed by atoms with E-state index in [4.69, 9.17) is 10.5 Å². The van der Waals surface area contributed by atoms with E-state index in [2.05, 4.69) is 22.1 Å². The molecule has 3 aromatic carbocycles. The zero-order valence-electron chi connectivity index (χ0n) is 18.5. The van der Waals surface area contributed by atoms with Crippen molar-refractivity contribution in [2.24, 2.45) is 10.2 Å². The van der Waals surface area contributed by atoms with E-state index >= 15 is 0 Å². The standard InChI is InChI=1S/C25H24N4O4S/c1-2-3-14-33-23-11-7-6-10-20(23)21-13-12-17(16-27-21)28-29-22-15-24(34(30,31)32)18-8-4-5-9-19(18)25(22)26/h4-13,15-16H,2-3,14,26H2,1H3,(H,30,31,32). The summed E-state index contributed by atoms with van der Waals surface area (Å²) in [5.41, 5.74) is 8.64. The molecule has 0 bridgehead atoms. The molecule has 8 nitrogen and oxygen atoms in total. The van der Waals surface area contributed by atoms with Crippen LogP contribution in [-0.4, -0.2) is 24.6 Å². The number of hydrogen-bond donors (Lipinski definition) is 2. The van der Waals surface area contributed by atoms with Crippen LogP contribution in [0.5, 0.6) is 5.75 Å². The van der Waals surface area contributed by atoms with Crippen molar-refractivity contribution in [3.05, 3.63) is 72.9 Å². The Morgan fingerprint density at radius 2 is 1.74 bits per heavy atom. The van der Waals surface area contributed by atoms with Gasteiger partial charge in [0.25, 0.3) is 10.1 Å². The molecule has 3 N–H and O–H groups in total. The molecular weight excluding hydrogens is 452 g/mol. The van der Waals surface area contributed by atoms with Crippen molar-refractivity contribution in [3.8, 4) is 17.0 Å². The van der Waals surface area contributed by atoms with Crippen molar-refractivity contribution in [2.75, 3.05) is 12.3 Å². The molecule has 4 aromatic rings. The van der Waals surface area contributed by atoms with E-state index in [1.54, 1.807) is 36.5 Å². The summed E-state index contributed by atoms with van der Waals surface area (Å²) in [6.07, 6.45) is 3.58. The summed E-state index contributed by atoms with van der Waals surface area (Å²) >= 11 is 0. The van der Waals surface area contributed by atoms with Crippen molar-refractivity contribution >= 4 is 38.0 Å². The van der Waals surface area contributed by atoms with Crippen molar-refractivity contribution in [2.45, 2.75) is 24.7 Å². The first-order valence-electron chi connectivity index (χ1n) is 10.8. The van der Waals surface area contributed by atoms with Crippen LogP contribution in [0, 0.1) is 0 Å². The van der Waals surface area contributed by atoms with Gasteiger partial charge >= 0.3 is 0 Å². The Hall–Kier alpha value is -3.82. The first-order valence-corrected chi connectivity index (χ1v) is 12.2. The van der Waals surface area contributed by atoms with Gasteiger partial charge in [-0.3, -0.25) is 9.54 Å². The van der Waals surface area contributed by atoms with Gasteiger partial charge in [0.2, 0.25) is 0 Å². The number of unbranched alkanes of at least 4 members (excludes halogenated alkanes) is 1. The number of nitrogen functional groups attached to an aromatic ring is 1. The first-order chi connectivity index (χ1) is 16.4. The molecule has 4 rings (SSSR count).